The number of thioether (sulfide) groups is 1. The summed E-state index contributed by atoms with van der Waals surface area (Å²) in [6.07, 6.45) is 3.15. The number of hydrogen-bond acceptors (Lipinski definition) is 4. The van der Waals surface area contributed by atoms with Crippen LogP contribution in [0.15, 0.2) is 0 Å². The van der Waals surface area contributed by atoms with Gasteiger partial charge in [0.25, 0.3) is 0 Å². The molecule has 0 aromatic carbocycles. The summed E-state index contributed by atoms with van der Waals surface area (Å²) in [5.74, 6) is 1.36. The molecule has 18 heavy (non-hydrogen) atoms. The molecule has 5 heteroatoms. The SMILES string of the molecule is CC(C)(C)OC(=O)NCCCCC1SCCC1=O. The van der Waals surface area contributed by atoms with Crippen LogP contribution in [-0.2, 0) is 9.53 Å². The average Bonchev–Trinajstić information content (AvgIpc) is 2.61. The lowest BCUT2D eigenvalue weighted by molar-refractivity contribution is -0.117. The number of rotatable bonds is 5. The average molecular weight is 273 g/mol. The lowest BCUT2D eigenvalue weighted by Crippen LogP contribution is -2.33. The van der Waals surface area contributed by atoms with Crippen molar-refractivity contribution in [1.29, 1.82) is 0 Å². The van der Waals surface area contributed by atoms with Crippen LogP contribution in [0, 0.1) is 0 Å². The zero-order valence-electron chi connectivity index (χ0n) is 11.5. The Hall–Kier alpha value is -0.710. The van der Waals surface area contributed by atoms with Gasteiger partial charge < -0.3 is 10.1 Å². The minimum Gasteiger partial charge on any atom is -0.444 e. The summed E-state index contributed by atoms with van der Waals surface area (Å²) < 4.78 is 5.13. The lowest BCUT2D eigenvalue weighted by Gasteiger charge is -2.19. The summed E-state index contributed by atoms with van der Waals surface area (Å²) in [6.45, 7) is 6.14. The van der Waals surface area contributed by atoms with Crippen LogP contribution in [0.4, 0.5) is 4.79 Å². The van der Waals surface area contributed by atoms with Crippen molar-refractivity contribution in [2.45, 2.75) is 57.3 Å². The fourth-order valence-corrected chi connectivity index (χ4v) is 3.00. The summed E-state index contributed by atoms with van der Waals surface area (Å²) in [6, 6.07) is 0. The maximum absolute atomic E-state index is 11.4. The van der Waals surface area contributed by atoms with Gasteiger partial charge in [-0.2, -0.15) is 11.8 Å². The third kappa shape index (κ3) is 6.28. The molecule has 1 amide bonds. The maximum atomic E-state index is 11.4. The van der Waals surface area contributed by atoms with Crippen LogP contribution in [0.3, 0.4) is 0 Å². The Bertz CT molecular complexity index is 299. The number of unbranched alkanes of at least 4 members (excludes halogenated alkanes) is 1. The van der Waals surface area contributed by atoms with Gasteiger partial charge in [-0.3, -0.25) is 4.79 Å². The van der Waals surface area contributed by atoms with E-state index in [0.717, 1.165) is 31.4 Å². The first-order chi connectivity index (χ1) is 8.38. The zero-order valence-corrected chi connectivity index (χ0v) is 12.3. The van der Waals surface area contributed by atoms with E-state index in [1.165, 1.54) is 0 Å². The van der Waals surface area contributed by atoms with Gasteiger partial charge in [-0.25, -0.2) is 4.79 Å². The molecule has 1 aliphatic rings. The summed E-state index contributed by atoms with van der Waals surface area (Å²) in [5, 5.41) is 2.92. The van der Waals surface area contributed by atoms with E-state index in [9.17, 15) is 9.59 Å². The smallest absolute Gasteiger partial charge is 0.407 e. The third-order valence-corrected chi connectivity index (χ3v) is 3.93. The normalized spacial score (nSPS) is 19.9. The molecule has 0 bridgehead atoms. The maximum Gasteiger partial charge on any atom is 0.407 e. The topological polar surface area (TPSA) is 55.4 Å². The van der Waals surface area contributed by atoms with Crippen LogP contribution in [0.2, 0.25) is 0 Å². The summed E-state index contributed by atoms with van der Waals surface area (Å²) in [5.41, 5.74) is -0.447. The van der Waals surface area contributed by atoms with Crippen LogP contribution in [0.25, 0.3) is 0 Å². The molecule has 1 N–H and O–H groups in total. The Balaban J connectivity index is 2.01. The van der Waals surface area contributed by atoms with Crippen molar-refractivity contribution in [3.05, 3.63) is 0 Å². The predicted octanol–water partition coefficient (Wildman–Crippen LogP) is 2.76. The van der Waals surface area contributed by atoms with E-state index in [1.54, 1.807) is 11.8 Å². The van der Waals surface area contributed by atoms with Crippen LogP contribution < -0.4 is 5.32 Å². The second-order valence-electron chi connectivity index (χ2n) is 5.50. The monoisotopic (exact) mass is 273 g/mol. The quantitative estimate of drug-likeness (QED) is 0.783. The Morgan fingerprint density at radius 3 is 2.72 bits per heavy atom. The number of amides is 1. The van der Waals surface area contributed by atoms with Crippen molar-refractivity contribution in [2.75, 3.05) is 12.3 Å². The fraction of sp³-hybridized carbons (Fsp3) is 0.846. The van der Waals surface area contributed by atoms with Gasteiger partial charge in [0, 0.05) is 18.7 Å². The first-order valence-corrected chi connectivity index (χ1v) is 7.54. The highest BCUT2D eigenvalue weighted by atomic mass is 32.2. The van der Waals surface area contributed by atoms with Gasteiger partial charge in [0.05, 0.1) is 5.25 Å². The number of ether oxygens (including phenoxy) is 1. The summed E-state index contributed by atoms with van der Waals surface area (Å²) in [4.78, 5) is 22.7. The van der Waals surface area contributed by atoms with Gasteiger partial charge in [-0.15, -0.1) is 0 Å². The van der Waals surface area contributed by atoms with Gasteiger partial charge in [-0.05, 0) is 33.6 Å². The molecule has 1 aliphatic heterocycles. The molecular formula is C13H23NO3S. The predicted molar refractivity (Wildman–Crippen MR) is 74.0 cm³/mol. The molecule has 1 rings (SSSR count). The van der Waals surface area contributed by atoms with Gasteiger partial charge in [-0.1, -0.05) is 6.42 Å². The van der Waals surface area contributed by atoms with Gasteiger partial charge in [0.2, 0.25) is 0 Å². The number of ketones is 1. The molecule has 1 heterocycles. The van der Waals surface area contributed by atoms with Crippen LogP contribution >= 0.6 is 11.8 Å². The molecule has 1 saturated heterocycles. The molecule has 1 atom stereocenters. The standard InChI is InChI=1S/C13H23NO3S/c1-13(2,3)17-12(16)14-8-5-4-6-11-10(15)7-9-18-11/h11H,4-9H2,1-3H3,(H,14,16). The van der Waals surface area contributed by atoms with Crippen molar-refractivity contribution in [3.8, 4) is 0 Å². The Labute approximate surface area is 113 Å². The molecule has 1 unspecified atom stereocenters. The van der Waals surface area contributed by atoms with Gasteiger partial charge in [0.15, 0.2) is 0 Å². The number of hydrogen-bond donors (Lipinski definition) is 1. The van der Waals surface area contributed by atoms with Crippen LogP contribution in [-0.4, -0.2) is 35.0 Å². The van der Waals surface area contributed by atoms with Crippen molar-refractivity contribution >= 4 is 23.6 Å². The van der Waals surface area contributed by atoms with Crippen molar-refractivity contribution in [3.63, 3.8) is 0 Å². The van der Waals surface area contributed by atoms with Crippen molar-refractivity contribution < 1.29 is 14.3 Å². The molecule has 0 aromatic heterocycles. The van der Waals surface area contributed by atoms with Gasteiger partial charge >= 0.3 is 6.09 Å². The molecule has 0 radical (unpaired) electrons. The summed E-state index contributed by atoms with van der Waals surface area (Å²) in [7, 11) is 0. The molecule has 0 saturated carbocycles. The second kappa shape index (κ2) is 7.02. The number of nitrogens with one attached hydrogen (secondary N) is 1. The van der Waals surface area contributed by atoms with E-state index >= 15 is 0 Å². The number of carbonyl (C=O) groups excluding carboxylic acids is 2. The number of alkyl carbamates (subject to hydrolysis) is 1. The number of carbonyl (C=O) groups is 2. The number of Topliss-reactive ketones (excluding diaryl/α,β-unsaturated/α-hetero) is 1. The van der Waals surface area contributed by atoms with Crippen LogP contribution in [0.1, 0.15) is 46.5 Å². The highest BCUT2D eigenvalue weighted by Crippen LogP contribution is 2.26. The highest BCUT2D eigenvalue weighted by molar-refractivity contribution is 8.01. The second-order valence-corrected chi connectivity index (χ2v) is 6.81. The minimum atomic E-state index is -0.447. The highest BCUT2D eigenvalue weighted by Gasteiger charge is 2.24. The minimum absolute atomic E-state index is 0.200. The first kappa shape index (κ1) is 15.3. The summed E-state index contributed by atoms with van der Waals surface area (Å²) >= 11 is 1.76. The zero-order chi connectivity index (χ0) is 13.6. The molecular weight excluding hydrogens is 250 g/mol. The lowest BCUT2D eigenvalue weighted by atomic mass is 10.1. The van der Waals surface area contributed by atoms with Crippen molar-refractivity contribution in [1.82, 2.24) is 5.32 Å². The third-order valence-electron chi connectivity index (χ3n) is 2.59. The van der Waals surface area contributed by atoms with Crippen LogP contribution in [0.5, 0.6) is 0 Å². The van der Waals surface area contributed by atoms with E-state index in [2.05, 4.69) is 5.32 Å². The van der Waals surface area contributed by atoms with Gasteiger partial charge in [0.1, 0.15) is 11.4 Å². The molecule has 0 aromatic rings. The first-order valence-electron chi connectivity index (χ1n) is 6.49. The van der Waals surface area contributed by atoms with E-state index in [1.807, 2.05) is 20.8 Å². The Kier molecular flexibility index (Phi) is 5.99. The molecule has 104 valence electrons. The Morgan fingerprint density at radius 1 is 1.44 bits per heavy atom. The largest absolute Gasteiger partial charge is 0.444 e. The fourth-order valence-electron chi connectivity index (χ4n) is 1.76. The van der Waals surface area contributed by atoms with Crippen molar-refractivity contribution in [2.24, 2.45) is 0 Å². The molecule has 1 fully saturated rings. The molecule has 0 aliphatic carbocycles. The van der Waals surface area contributed by atoms with E-state index in [0.29, 0.717) is 12.3 Å². The van der Waals surface area contributed by atoms with E-state index in [4.69, 9.17) is 4.74 Å². The molecule has 0 spiro atoms. The molecule has 4 nitrogen and oxygen atoms in total. The van der Waals surface area contributed by atoms with E-state index in [-0.39, 0.29) is 11.3 Å². The van der Waals surface area contributed by atoms with E-state index < -0.39 is 5.60 Å². The Morgan fingerprint density at radius 2 is 2.17 bits per heavy atom.